The third-order valence-corrected chi connectivity index (χ3v) is 22.1. The van der Waals surface area contributed by atoms with Gasteiger partial charge in [-0.1, -0.05) is 0 Å². The average molecular weight is 431 g/mol. The maximum Gasteiger partial charge on any atom is -0.147 e. The van der Waals surface area contributed by atoms with Gasteiger partial charge in [-0.15, -0.1) is 24.8 Å². The van der Waals surface area contributed by atoms with Crippen LogP contribution in [0.3, 0.4) is 0 Å². The van der Waals surface area contributed by atoms with E-state index in [1.165, 1.54) is 20.1 Å². The van der Waals surface area contributed by atoms with Gasteiger partial charge in [0.05, 0.1) is 0 Å². The maximum atomic E-state index is 2.60. The van der Waals surface area contributed by atoms with E-state index in [4.69, 9.17) is 0 Å². The number of halogens is 2. The molecule has 23 heavy (non-hydrogen) atoms. The predicted octanol–water partition coefficient (Wildman–Crippen LogP) is 6.72. The molecule has 0 amide bonds. The topological polar surface area (TPSA) is 0 Å². The normalized spacial score (nSPS) is 44.2. The second kappa shape index (κ2) is 6.97. The first-order chi connectivity index (χ1) is 10.4. The van der Waals surface area contributed by atoms with Crippen molar-refractivity contribution in [2.24, 2.45) is 23.7 Å². The Bertz CT molecular complexity index is 512. The number of hydrogen-bond acceptors (Lipinski definition) is 0. The molecule has 0 N–H and O–H groups in total. The minimum absolute atomic E-state index is 0. The van der Waals surface area contributed by atoms with Crippen LogP contribution < -0.4 is 0 Å². The summed E-state index contributed by atoms with van der Waals surface area (Å²) >= 11 is -1.84. The maximum absolute atomic E-state index is 2.60. The largest absolute Gasteiger partial charge is 0.147 e. The Kier molecular flexibility index (Phi) is 5.52. The Balaban J connectivity index is 0.000000781. The van der Waals surface area contributed by atoms with Crippen LogP contribution in [0.2, 0.25) is 15.5 Å². The molecule has 5 rings (SSSR count). The van der Waals surface area contributed by atoms with Crippen LogP contribution in [0.15, 0.2) is 48.6 Å². The number of hydrogen-bond donors (Lipinski definition) is 0. The standard InChI is InChI=1S/2C9H11.C2H4.2ClH.Zr/c2*1-2-5-9-7-3-6-8(9)4-1;1-2;;;/h2*1-2,4-6,8-9H,3,7H2;1-2H2;2*1H;. The fourth-order valence-electron chi connectivity index (χ4n) is 6.41. The first-order valence-corrected chi connectivity index (χ1v) is 15.4. The number of rotatable bonds is 2. The molecule has 2 saturated carbocycles. The second-order valence-electron chi connectivity index (χ2n) is 8.12. The molecule has 1 aliphatic heterocycles. The summed E-state index contributed by atoms with van der Waals surface area (Å²) in [6, 6.07) is 0. The van der Waals surface area contributed by atoms with Crippen molar-refractivity contribution in [3.05, 3.63) is 48.6 Å². The fourth-order valence-corrected chi connectivity index (χ4v) is 25.5. The quantitative estimate of drug-likeness (QED) is 0.456. The van der Waals surface area contributed by atoms with E-state index in [1.807, 2.05) is 0 Å². The molecule has 6 atom stereocenters. The van der Waals surface area contributed by atoms with E-state index in [-0.39, 0.29) is 24.8 Å². The zero-order valence-corrected chi connectivity index (χ0v) is 17.7. The Labute approximate surface area is 157 Å². The first kappa shape index (κ1) is 18.2. The SMILES string of the molecule is C1=CC2CC[CH]([Zr]3([CH]4CCC5C=CC=CC54)[CH2][CH2]3)C2C=C1.Cl.Cl. The minimum atomic E-state index is -1.84. The van der Waals surface area contributed by atoms with Gasteiger partial charge in [0, 0.05) is 0 Å². The summed E-state index contributed by atoms with van der Waals surface area (Å²) in [5.74, 6) is 3.73. The summed E-state index contributed by atoms with van der Waals surface area (Å²) in [6.07, 6.45) is 25.7. The van der Waals surface area contributed by atoms with Crippen LogP contribution in [0.1, 0.15) is 25.7 Å². The van der Waals surface area contributed by atoms with Crippen LogP contribution in [0.5, 0.6) is 0 Å². The fraction of sp³-hybridized carbons (Fsp3) is 0.600. The Morgan fingerprint density at radius 1 is 0.565 bits per heavy atom. The van der Waals surface area contributed by atoms with Gasteiger partial charge >= 0.3 is 134 Å². The van der Waals surface area contributed by atoms with E-state index in [1.54, 1.807) is 21.1 Å². The van der Waals surface area contributed by atoms with E-state index in [0.717, 1.165) is 23.7 Å². The summed E-state index contributed by atoms with van der Waals surface area (Å²) in [7, 11) is 0. The molecular weight excluding hydrogens is 402 g/mol. The van der Waals surface area contributed by atoms with E-state index in [9.17, 15) is 0 Å². The predicted molar refractivity (Wildman–Crippen MR) is 101 cm³/mol. The Morgan fingerprint density at radius 3 is 1.43 bits per heavy atom. The van der Waals surface area contributed by atoms with Crippen LogP contribution in [0, 0.1) is 23.7 Å². The number of fused-ring (bicyclic) bond motifs is 2. The third kappa shape index (κ3) is 2.84. The molecule has 126 valence electrons. The summed E-state index contributed by atoms with van der Waals surface area (Å²) in [5, 5.41) is 0. The van der Waals surface area contributed by atoms with Gasteiger partial charge in [-0.25, -0.2) is 0 Å². The van der Waals surface area contributed by atoms with Gasteiger partial charge in [-0.05, 0) is 0 Å². The van der Waals surface area contributed by atoms with Crippen LogP contribution in [-0.2, 0) is 20.3 Å². The molecule has 6 unspecified atom stereocenters. The zero-order valence-electron chi connectivity index (χ0n) is 13.6. The second-order valence-corrected chi connectivity index (χ2v) is 20.3. The Hall–Kier alpha value is 0.423. The molecule has 4 aliphatic carbocycles. The van der Waals surface area contributed by atoms with Crippen molar-refractivity contribution in [3.8, 4) is 0 Å². The van der Waals surface area contributed by atoms with Crippen LogP contribution in [0.4, 0.5) is 0 Å². The van der Waals surface area contributed by atoms with Gasteiger partial charge in [0.15, 0.2) is 0 Å². The zero-order chi connectivity index (χ0) is 13.9. The molecule has 0 radical (unpaired) electrons. The van der Waals surface area contributed by atoms with Crippen LogP contribution in [-0.4, -0.2) is 0 Å². The van der Waals surface area contributed by atoms with Crippen molar-refractivity contribution < 1.29 is 20.3 Å². The number of allylic oxidation sites excluding steroid dienone is 8. The van der Waals surface area contributed by atoms with Crippen molar-refractivity contribution in [1.29, 1.82) is 0 Å². The van der Waals surface area contributed by atoms with E-state index in [0.29, 0.717) is 0 Å². The van der Waals surface area contributed by atoms with Crippen LogP contribution >= 0.6 is 24.8 Å². The van der Waals surface area contributed by atoms with Crippen LogP contribution in [0.25, 0.3) is 0 Å². The molecule has 0 aromatic heterocycles. The average Bonchev–Trinajstić information content (AvgIpc) is 3.03. The molecule has 0 bridgehead atoms. The molecule has 5 aliphatic rings. The smallest absolute Gasteiger partial charge is 0.147 e. The van der Waals surface area contributed by atoms with Gasteiger partial charge in [-0.2, -0.15) is 0 Å². The molecule has 0 aromatic rings. The summed E-state index contributed by atoms with van der Waals surface area (Å²) in [5.41, 5.74) is 0. The van der Waals surface area contributed by atoms with Crippen molar-refractivity contribution >= 4 is 24.8 Å². The van der Waals surface area contributed by atoms with Gasteiger partial charge in [0.2, 0.25) is 0 Å². The summed E-state index contributed by atoms with van der Waals surface area (Å²) in [4.78, 5) is 0. The summed E-state index contributed by atoms with van der Waals surface area (Å²) < 4.78 is 5.83. The molecular formula is C20H28Cl2Zr. The molecule has 0 nitrogen and oxygen atoms in total. The van der Waals surface area contributed by atoms with Gasteiger partial charge < -0.3 is 0 Å². The van der Waals surface area contributed by atoms with Gasteiger partial charge in [0.1, 0.15) is 0 Å². The molecule has 0 aromatic carbocycles. The van der Waals surface area contributed by atoms with Crippen molar-refractivity contribution in [2.75, 3.05) is 0 Å². The monoisotopic (exact) mass is 428 g/mol. The van der Waals surface area contributed by atoms with Gasteiger partial charge in [0.25, 0.3) is 0 Å². The third-order valence-electron chi connectivity index (χ3n) is 7.45. The van der Waals surface area contributed by atoms with Crippen molar-refractivity contribution in [1.82, 2.24) is 0 Å². The van der Waals surface area contributed by atoms with Crippen molar-refractivity contribution in [2.45, 2.75) is 41.2 Å². The van der Waals surface area contributed by atoms with E-state index < -0.39 is 20.3 Å². The molecule has 1 saturated heterocycles. The Morgan fingerprint density at radius 2 is 1.00 bits per heavy atom. The molecule has 3 fully saturated rings. The van der Waals surface area contributed by atoms with Crippen molar-refractivity contribution in [3.63, 3.8) is 0 Å². The molecule has 3 heteroatoms. The van der Waals surface area contributed by atoms with Gasteiger partial charge in [-0.3, -0.25) is 0 Å². The van der Waals surface area contributed by atoms with E-state index in [2.05, 4.69) is 48.6 Å². The molecule has 1 heterocycles. The molecule has 0 spiro atoms. The first-order valence-electron chi connectivity index (χ1n) is 9.08. The minimum Gasteiger partial charge on any atom is -0.147 e. The van der Waals surface area contributed by atoms with E-state index >= 15 is 0 Å². The summed E-state index contributed by atoms with van der Waals surface area (Å²) in [6.45, 7) is 0.